The predicted molar refractivity (Wildman–Crippen MR) is 60.2 cm³/mol. The van der Waals surface area contributed by atoms with E-state index in [1.54, 1.807) is 0 Å². The second-order valence-electron chi connectivity index (χ2n) is 5.65. The molecule has 0 aromatic carbocycles. The lowest BCUT2D eigenvalue weighted by Gasteiger charge is -2.29. The molecule has 14 heavy (non-hydrogen) atoms. The van der Waals surface area contributed by atoms with Gasteiger partial charge in [-0.3, -0.25) is 0 Å². The molecule has 2 heteroatoms. The molecule has 82 valence electrons. The van der Waals surface area contributed by atoms with Gasteiger partial charge in [-0.2, -0.15) is 0 Å². The van der Waals surface area contributed by atoms with E-state index >= 15 is 0 Å². The highest BCUT2D eigenvalue weighted by Crippen LogP contribution is 2.37. The minimum Gasteiger partial charge on any atom is -0.324 e. The molecule has 2 N–H and O–H groups in total. The molecule has 0 aromatic heterocycles. The van der Waals surface area contributed by atoms with Crippen LogP contribution in [0.2, 0.25) is 0 Å². The van der Waals surface area contributed by atoms with E-state index in [9.17, 15) is 0 Å². The lowest BCUT2D eigenvalue weighted by atomic mass is 10.00. The summed E-state index contributed by atoms with van der Waals surface area (Å²) in [5, 5.41) is 0. The average molecular weight is 196 g/mol. The van der Waals surface area contributed by atoms with Gasteiger partial charge in [0.25, 0.3) is 0 Å². The Hall–Kier alpha value is -0.0800. The van der Waals surface area contributed by atoms with E-state index in [4.69, 9.17) is 5.73 Å². The molecule has 1 aliphatic heterocycles. The highest BCUT2D eigenvalue weighted by molar-refractivity contribution is 4.92. The van der Waals surface area contributed by atoms with Crippen LogP contribution < -0.4 is 5.73 Å². The van der Waals surface area contributed by atoms with Crippen LogP contribution >= 0.6 is 0 Å². The van der Waals surface area contributed by atoms with Gasteiger partial charge in [0.1, 0.15) is 0 Å². The standard InChI is InChI=1S/C12H24N2/c1-3-12(2,13)9-14-7-10-5-4-6-11(10)8-14/h10-11H,3-9,13H2,1-2H3. The SMILES string of the molecule is CCC(C)(N)CN1CC2CCCC2C1. The maximum atomic E-state index is 6.20. The van der Waals surface area contributed by atoms with Crippen LogP contribution in [0.4, 0.5) is 0 Å². The minimum absolute atomic E-state index is 0.0264. The fourth-order valence-electron chi connectivity index (χ4n) is 3.08. The van der Waals surface area contributed by atoms with Crippen LogP contribution in [-0.2, 0) is 0 Å². The minimum atomic E-state index is 0.0264. The van der Waals surface area contributed by atoms with Gasteiger partial charge < -0.3 is 10.6 Å². The molecule has 2 rings (SSSR count). The molecule has 0 spiro atoms. The molecule has 0 amide bonds. The zero-order valence-electron chi connectivity index (χ0n) is 9.63. The lowest BCUT2D eigenvalue weighted by Crippen LogP contribution is -2.46. The van der Waals surface area contributed by atoms with Crippen LogP contribution in [0.1, 0.15) is 39.5 Å². The molecule has 2 nitrogen and oxygen atoms in total. The summed E-state index contributed by atoms with van der Waals surface area (Å²) in [7, 11) is 0. The second-order valence-corrected chi connectivity index (χ2v) is 5.65. The number of rotatable bonds is 3. The zero-order chi connectivity index (χ0) is 10.2. The zero-order valence-corrected chi connectivity index (χ0v) is 9.63. The third kappa shape index (κ3) is 2.12. The van der Waals surface area contributed by atoms with Crippen LogP contribution in [-0.4, -0.2) is 30.1 Å². The van der Waals surface area contributed by atoms with Gasteiger partial charge in [0.05, 0.1) is 0 Å². The molecule has 1 aliphatic carbocycles. The van der Waals surface area contributed by atoms with E-state index in [1.165, 1.54) is 32.4 Å². The summed E-state index contributed by atoms with van der Waals surface area (Å²) in [6.45, 7) is 8.10. The lowest BCUT2D eigenvalue weighted by molar-refractivity contribution is 0.238. The third-order valence-electron chi connectivity index (χ3n) is 4.19. The van der Waals surface area contributed by atoms with Gasteiger partial charge in [0.2, 0.25) is 0 Å². The summed E-state index contributed by atoms with van der Waals surface area (Å²) >= 11 is 0. The molecule has 0 aromatic rings. The molecule has 3 unspecified atom stereocenters. The first-order valence-corrected chi connectivity index (χ1v) is 6.12. The molecular weight excluding hydrogens is 172 g/mol. The van der Waals surface area contributed by atoms with Gasteiger partial charge >= 0.3 is 0 Å². The van der Waals surface area contributed by atoms with Gasteiger partial charge in [-0.1, -0.05) is 13.3 Å². The molecule has 1 heterocycles. The molecular formula is C12H24N2. The summed E-state index contributed by atoms with van der Waals surface area (Å²) in [5.74, 6) is 2.00. The predicted octanol–water partition coefficient (Wildman–Crippen LogP) is 1.85. The molecule has 0 bridgehead atoms. The third-order valence-corrected chi connectivity index (χ3v) is 4.19. The first-order valence-electron chi connectivity index (χ1n) is 6.12. The smallest absolute Gasteiger partial charge is 0.0252 e. The van der Waals surface area contributed by atoms with E-state index < -0.39 is 0 Å². The van der Waals surface area contributed by atoms with Gasteiger partial charge in [0, 0.05) is 25.2 Å². The van der Waals surface area contributed by atoms with Crippen molar-refractivity contribution in [2.24, 2.45) is 17.6 Å². The number of nitrogens with two attached hydrogens (primary N) is 1. The first-order chi connectivity index (χ1) is 6.61. The van der Waals surface area contributed by atoms with Crippen LogP contribution in [0.3, 0.4) is 0 Å². The van der Waals surface area contributed by atoms with Crippen LogP contribution in [0.25, 0.3) is 0 Å². The van der Waals surface area contributed by atoms with E-state index in [0.29, 0.717) is 0 Å². The second kappa shape index (κ2) is 3.82. The van der Waals surface area contributed by atoms with E-state index in [1.807, 2.05) is 0 Å². The molecule has 2 fully saturated rings. The summed E-state index contributed by atoms with van der Waals surface area (Å²) in [5.41, 5.74) is 6.23. The number of hydrogen-bond acceptors (Lipinski definition) is 2. The quantitative estimate of drug-likeness (QED) is 0.746. The largest absolute Gasteiger partial charge is 0.324 e. The van der Waals surface area contributed by atoms with Crippen molar-refractivity contribution in [1.82, 2.24) is 4.90 Å². The van der Waals surface area contributed by atoms with Crippen LogP contribution in [0.15, 0.2) is 0 Å². The Kier molecular flexibility index (Phi) is 2.85. The van der Waals surface area contributed by atoms with E-state index in [2.05, 4.69) is 18.7 Å². The summed E-state index contributed by atoms with van der Waals surface area (Å²) in [4.78, 5) is 2.60. The summed E-state index contributed by atoms with van der Waals surface area (Å²) in [6, 6.07) is 0. The van der Waals surface area contributed by atoms with Gasteiger partial charge in [-0.15, -0.1) is 0 Å². The van der Waals surface area contributed by atoms with Gasteiger partial charge in [-0.05, 0) is 38.0 Å². The monoisotopic (exact) mass is 196 g/mol. The van der Waals surface area contributed by atoms with E-state index in [-0.39, 0.29) is 5.54 Å². The highest BCUT2D eigenvalue weighted by atomic mass is 15.2. The van der Waals surface area contributed by atoms with Gasteiger partial charge in [-0.25, -0.2) is 0 Å². The van der Waals surface area contributed by atoms with Crippen LogP contribution in [0, 0.1) is 11.8 Å². The molecule has 0 radical (unpaired) electrons. The Morgan fingerprint density at radius 1 is 1.29 bits per heavy atom. The Labute approximate surface area is 87.8 Å². The van der Waals surface area contributed by atoms with Gasteiger partial charge in [0.15, 0.2) is 0 Å². The summed E-state index contributed by atoms with van der Waals surface area (Å²) in [6.07, 6.45) is 5.48. The molecule has 1 saturated carbocycles. The van der Waals surface area contributed by atoms with Crippen molar-refractivity contribution in [3.63, 3.8) is 0 Å². The number of fused-ring (bicyclic) bond motifs is 1. The Bertz CT molecular complexity index is 188. The van der Waals surface area contributed by atoms with Crippen molar-refractivity contribution in [3.8, 4) is 0 Å². The summed E-state index contributed by atoms with van der Waals surface area (Å²) < 4.78 is 0. The van der Waals surface area contributed by atoms with Crippen molar-refractivity contribution >= 4 is 0 Å². The average Bonchev–Trinajstić information content (AvgIpc) is 2.63. The molecule has 3 atom stereocenters. The fraction of sp³-hybridized carbons (Fsp3) is 1.00. The molecule has 2 aliphatic rings. The van der Waals surface area contributed by atoms with Crippen LogP contribution in [0.5, 0.6) is 0 Å². The maximum Gasteiger partial charge on any atom is 0.0252 e. The van der Waals surface area contributed by atoms with Crippen molar-refractivity contribution in [2.45, 2.75) is 45.1 Å². The Morgan fingerprint density at radius 3 is 2.36 bits per heavy atom. The molecule has 1 saturated heterocycles. The van der Waals surface area contributed by atoms with Crippen molar-refractivity contribution in [3.05, 3.63) is 0 Å². The van der Waals surface area contributed by atoms with Crippen molar-refractivity contribution < 1.29 is 0 Å². The van der Waals surface area contributed by atoms with Crippen molar-refractivity contribution in [2.75, 3.05) is 19.6 Å². The fourth-order valence-corrected chi connectivity index (χ4v) is 3.08. The number of nitrogens with zero attached hydrogens (tertiary/aromatic N) is 1. The highest BCUT2D eigenvalue weighted by Gasteiger charge is 2.37. The first kappa shape index (κ1) is 10.4. The Morgan fingerprint density at radius 2 is 1.86 bits per heavy atom. The Balaban J connectivity index is 1.84. The number of likely N-dealkylation sites (tertiary alicyclic amines) is 1. The van der Waals surface area contributed by atoms with E-state index in [0.717, 1.165) is 24.8 Å². The topological polar surface area (TPSA) is 29.3 Å². The maximum absolute atomic E-state index is 6.20. The normalized spacial score (nSPS) is 37.1. The van der Waals surface area contributed by atoms with Crippen molar-refractivity contribution in [1.29, 1.82) is 0 Å². The number of hydrogen-bond donors (Lipinski definition) is 1.